The van der Waals surface area contributed by atoms with Crippen molar-refractivity contribution in [1.82, 2.24) is 0 Å². The number of para-hydroxylation sites is 1. The minimum absolute atomic E-state index is 0.0766. The first kappa shape index (κ1) is 19.1. The first-order valence-electron chi connectivity index (χ1n) is 9.12. The molecule has 0 fully saturated rings. The number of fused-ring (bicyclic) bond motifs is 1. The fraction of sp³-hybridized carbons (Fsp3) is 0.0952. The third-order valence-corrected chi connectivity index (χ3v) is 4.36. The van der Waals surface area contributed by atoms with E-state index in [0.29, 0.717) is 28.6 Å². The molecule has 30 heavy (non-hydrogen) atoms. The molecular formula is C21H18N4O5. The Morgan fingerprint density at radius 3 is 2.53 bits per heavy atom. The molecule has 1 heterocycles. The van der Waals surface area contributed by atoms with Crippen molar-refractivity contribution in [1.29, 1.82) is 0 Å². The van der Waals surface area contributed by atoms with E-state index >= 15 is 0 Å². The van der Waals surface area contributed by atoms with Gasteiger partial charge in [0.15, 0.2) is 11.5 Å². The predicted molar refractivity (Wildman–Crippen MR) is 113 cm³/mol. The van der Waals surface area contributed by atoms with Crippen molar-refractivity contribution >= 4 is 34.3 Å². The highest BCUT2D eigenvalue weighted by Crippen LogP contribution is 2.34. The maximum absolute atomic E-state index is 12.4. The second-order valence-electron chi connectivity index (χ2n) is 6.45. The first-order chi connectivity index (χ1) is 14.6. The van der Waals surface area contributed by atoms with Crippen molar-refractivity contribution in [2.75, 3.05) is 29.3 Å². The average Bonchev–Trinajstić information content (AvgIpc) is 3.21. The van der Waals surface area contributed by atoms with Crippen LogP contribution in [0.2, 0.25) is 0 Å². The zero-order chi connectivity index (χ0) is 20.9. The molecule has 0 unspecified atom stereocenters. The van der Waals surface area contributed by atoms with Crippen molar-refractivity contribution < 1.29 is 19.2 Å². The van der Waals surface area contributed by atoms with E-state index in [0.717, 1.165) is 5.69 Å². The molecule has 0 bridgehead atoms. The van der Waals surface area contributed by atoms with Gasteiger partial charge in [0.1, 0.15) is 0 Å². The van der Waals surface area contributed by atoms with E-state index in [2.05, 4.69) is 16.0 Å². The summed E-state index contributed by atoms with van der Waals surface area (Å²) in [6.07, 6.45) is 0. The topological polar surface area (TPSA) is 115 Å². The van der Waals surface area contributed by atoms with Gasteiger partial charge >= 0.3 is 0 Å². The average molecular weight is 406 g/mol. The SMILES string of the molecule is O=C(CNc1cc([N+](=O)[O-])ccc1Nc1ccccc1)Nc1ccc2c(c1)OCO2. The molecule has 1 aliphatic rings. The van der Waals surface area contributed by atoms with Gasteiger partial charge in [-0.2, -0.15) is 0 Å². The van der Waals surface area contributed by atoms with Gasteiger partial charge in [-0.05, 0) is 30.3 Å². The summed E-state index contributed by atoms with van der Waals surface area (Å²) in [6.45, 7) is 0.0668. The van der Waals surface area contributed by atoms with E-state index in [1.54, 1.807) is 24.3 Å². The molecule has 4 rings (SSSR count). The van der Waals surface area contributed by atoms with Gasteiger partial charge in [-0.25, -0.2) is 0 Å². The van der Waals surface area contributed by atoms with Crippen LogP contribution in [-0.2, 0) is 4.79 Å². The molecular weight excluding hydrogens is 388 g/mol. The molecule has 3 aromatic rings. The number of nitrogens with one attached hydrogen (secondary N) is 3. The van der Waals surface area contributed by atoms with Gasteiger partial charge in [-0.3, -0.25) is 14.9 Å². The quantitative estimate of drug-likeness (QED) is 0.399. The Labute approximate surface area is 171 Å². The zero-order valence-corrected chi connectivity index (χ0v) is 15.8. The van der Waals surface area contributed by atoms with E-state index < -0.39 is 4.92 Å². The van der Waals surface area contributed by atoms with Crippen LogP contribution in [0.3, 0.4) is 0 Å². The summed E-state index contributed by atoms with van der Waals surface area (Å²) in [7, 11) is 0. The molecule has 9 heteroatoms. The minimum Gasteiger partial charge on any atom is -0.454 e. The van der Waals surface area contributed by atoms with Gasteiger partial charge in [0.2, 0.25) is 12.7 Å². The van der Waals surface area contributed by atoms with Gasteiger partial charge in [-0.1, -0.05) is 18.2 Å². The first-order valence-corrected chi connectivity index (χ1v) is 9.12. The smallest absolute Gasteiger partial charge is 0.271 e. The third kappa shape index (κ3) is 4.41. The highest BCUT2D eigenvalue weighted by molar-refractivity contribution is 5.94. The Kier molecular flexibility index (Phi) is 5.33. The van der Waals surface area contributed by atoms with Crippen LogP contribution in [0, 0.1) is 10.1 Å². The number of anilines is 4. The van der Waals surface area contributed by atoms with Crippen LogP contribution >= 0.6 is 0 Å². The lowest BCUT2D eigenvalue weighted by molar-refractivity contribution is -0.384. The van der Waals surface area contributed by atoms with Crippen LogP contribution < -0.4 is 25.4 Å². The molecule has 1 aliphatic heterocycles. The number of nitro benzene ring substituents is 1. The Morgan fingerprint density at radius 2 is 1.73 bits per heavy atom. The second kappa shape index (κ2) is 8.39. The number of hydrogen-bond donors (Lipinski definition) is 3. The normalized spacial score (nSPS) is 11.6. The minimum atomic E-state index is -0.482. The Hall–Kier alpha value is -4.27. The van der Waals surface area contributed by atoms with Crippen LogP contribution in [0.15, 0.2) is 66.7 Å². The lowest BCUT2D eigenvalue weighted by atomic mass is 10.2. The van der Waals surface area contributed by atoms with Crippen molar-refractivity contribution in [3.05, 3.63) is 76.8 Å². The van der Waals surface area contributed by atoms with Crippen LogP contribution in [-0.4, -0.2) is 24.2 Å². The Balaban J connectivity index is 1.46. The Bertz CT molecular complexity index is 1090. The third-order valence-electron chi connectivity index (χ3n) is 4.36. The fourth-order valence-electron chi connectivity index (χ4n) is 2.93. The van der Waals surface area contributed by atoms with Crippen LogP contribution in [0.25, 0.3) is 0 Å². The van der Waals surface area contributed by atoms with Gasteiger partial charge < -0.3 is 25.4 Å². The molecule has 3 aromatic carbocycles. The number of nitro groups is 1. The molecule has 9 nitrogen and oxygen atoms in total. The van der Waals surface area contributed by atoms with Crippen LogP contribution in [0.4, 0.5) is 28.4 Å². The van der Waals surface area contributed by atoms with Crippen LogP contribution in [0.1, 0.15) is 0 Å². The number of carbonyl (C=O) groups excluding carboxylic acids is 1. The van der Waals surface area contributed by atoms with Gasteiger partial charge in [0.05, 0.1) is 22.8 Å². The molecule has 0 saturated heterocycles. The summed E-state index contributed by atoms with van der Waals surface area (Å²) in [4.78, 5) is 23.0. The van der Waals surface area contributed by atoms with Gasteiger partial charge in [0.25, 0.3) is 5.69 Å². The second-order valence-corrected chi connectivity index (χ2v) is 6.45. The lowest BCUT2D eigenvalue weighted by Gasteiger charge is -2.14. The molecule has 0 radical (unpaired) electrons. The van der Waals surface area contributed by atoms with E-state index in [1.165, 1.54) is 12.1 Å². The molecule has 3 N–H and O–H groups in total. The Morgan fingerprint density at radius 1 is 0.933 bits per heavy atom. The monoisotopic (exact) mass is 406 g/mol. The van der Waals surface area contributed by atoms with Crippen molar-refractivity contribution in [3.8, 4) is 11.5 Å². The summed E-state index contributed by atoms with van der Waals surface area (Å²) in [6, 6.07) is 18.9. The standard InChI is InChI=1S/C21H18N4O5/c26-21(24-15-6-9-19-20(10-15)30-13-29-19)12-22-18-11-16(25(27)28)7-8-17(18)23-14-4-2-1-3-5-14/h1-11,22-23H,12-13H2,(H,24,26). The van der Waals surface area contributed by atoms with Gasteiger partial charge in [-0.15, -0.1) is 0 Å². The highest BCUT2D eigenvalue weighted by atomic mass is 16.7. The predicted octanol–water partition coefficient (Wildman–Crippen LogP) is 4.12. The number of rotatable bonds is 7. The maximum atomic E-state index is 12.4. The summed E-state index contributed by atoms with van der Waals surface area (Å²) in [5.41, 5.74) is 2.36. The number of carbonyl (C=O) groups is 1. The molecule has 1 amide bonds. The molecule has 0 atom stereocenters. The number of benzene rings is 3. The summed E-state index contributed by atoms with van der Waals surface area (Å²) >= 11 is 0. The van der Waals surface area contributed by atoms with E-state index in [4.69, 9.17) is 9.47 Å². The van der Waals surface area contributed by atoms with Gasteiger partial charge in [0, 0.05) is 29.6 Å². The molecule has 152 valence electrons. The lowest BCUT2D eigenvalue weighted by Crippen LogP contribution is -2.22. The highest BCUT2D eigenvalue weighted by Gasteiger charge is 2.15. The van der Waals surface area contributed by atoms with Crippen molar-refractivity contribution in [3.63, 3.8) is 0 Å². The summed E-state index contributed by atoms with van der Waals surface area (Å²) in [5.74, 6) is 0.874. The molecule has 0 aliphatic carbocycles. The summed E-state index contributed by atoms with van der Waals surface area (Å²) in [5, 5.41) is 20.1. The number of hydrogen-bond acceptors (Lipinski definition) is 7. The van der Waals surface area contributed by atoms with E-state index in [-0.39, 0.29) is 24.9 Å². The van der Waals surface area contributed by atoms with Crippen molar-refractivity contribution in [2.45, 2.75) is 0 Å². The van der Waals surface area contributed by atoms with E-state index in [1.807, 2.05) is 30.3 Å². The maximum Gasteiger partial charge on any atom is 0.271 e. The van der Waals surface area contributed by atoms with Crippen molar-refractivity contribution in [2.24, 2.45) is 0 Å². The number of nitrogens with zero attached hydrogens (tertiary/aromatic N) is 1. The fourth-order valence-corrected chi connectivity index (χ4v) is 2.93. The molecule has 0 spiro atoms. The van der Waals surface area contributed by atoms with E-state index in [9.17, 15) is 14.9 Å². The zero-order valence-electron chi connectivity index (χ0n) is 15.8. The number of ether oxygens (including phenoxy) is 2. The number of non-ortho nitro benzene ring substituents is 1. The largest absolute Gasteiger partial charge is 0.454 e. The molecule has 0 saturated carbocycles. The summed E-state index contributed by atoms with van der Waals surface area (Å²) < 4.78 is 10.5. The number of amides is 1. The molecule has 0 aromatic heterocycles. The van der Waals surface area contributed by atoms with Crippen LogP contribution in [0.5, 0.6) is 11.5 Å².